The molecule has 2 N–H and O–H groups in total. The van der Waals surface area contributed by atoms with E-state index in [0.29, 0.717) is 12.6 Å². The molecule has 19 heavy (non-hydrogen) atoms. The van der Waals surface area contributed by atoms with E-state index < -0.39 is 0 Å². The van der Waals surface area contributed by atoms with Gasteiger partial charge in [0.2, 0.25) is 5.91 Å². The third-order valence-electron chi connectivity index (χ3n) is 3.53. The molecule has 0 saturated heterocycles. The third kappa shape index (κ3) is 5.33. The molecule has 0 atom stereocenters. The molecule has 0 heterocycles. The van der Waals surface area contributed by atoms with Crippen molar-refractivity contribution in [2.24, 2.45) is 0 Å². The molecule has 1 aromatic rings. The first-order valence-electron chi connectivity index (χ1n) is 7.03. The molecule has 0 spiro atoms. The van der Waals surface area contributed by atoms with Crippen LogP contribution in [0.1, 0.15) is 38.5 Å². The summed E-state index contributed by atoms with van der Waals surface area (Å²) in [5.74, 6) is 0.0339. The molecule has 0 bridgehead atoms. The summed E-state index contributed by atoms with van der Waals surface area (Å²) < 4.78 is 1.02. The van der Waals surface area contributed by atoms with Gasteiger partial charge in [-0.05, 0) is 37.1 Å². The van der Waals surface area contributed by atoms with Gasteiger partial charge >= 0.3 is 0 Å². The first kappa shape index (κ1) is 14.5. The normalized spacial score (nSPS) is 16.9. The number of halogens is 1. The molecule has 4 heteroatoms. The molecule has 1 aliphatic rings. The predicted octanol–water partition coefficient (Wildman–Crippen LogP) is 3.70. The van der Waals surface area contributed by atoms with Gasteiger partial charge in [0.15, 0.2) is 0 Å². The van der Waals surface area contributed by atoms with Gasteiger partial charge in [-0.2, -0.15) is 0 Å². The van der Waals surface area contributed by atoms with Crippen LogP contribution in [0, 0.1) is 0 Å². The SMILES string of the molecule is O=C(CNC1CCCCCC1)Nc1ccc(Br)cc1. The van der Waals surface area contributed by atoms with Gasteiger partial charge in [0.05, 0.1) is 6.54 Å². The smallest absolute Gasteiger partial charge is 0.238 e. The summed E-state index contributed by atoms with van der Waals surface area (Å²) in [4.78, 5) is 11.8. The lowest BCUT2D eigenvalue weighted by Gasteiger charge is -2.15. The Hall–Kier alpha value is -0.870. The number of anilines is 1. The minimum Gasteiger partial charge on any atom is -0.325 e. The van der Waals surface area contributed by atoms with Crippen LogP contribution in [0.4, 0.5) is 5.69 Å². The van der Waals surface area contributed by atoms with Crippen molar-refractivity contribution in [3.63, 3.8) is 0 Å². The van der Waals surface area contributed by atoms with Crippen LogP contribution in [-0.4, -0.2) is 18.5 Å². The number of hydrogen-bond acceptors (Lipinski definition) is 2. The number of rotatable bonds is 4. The Balaban J connectivity index is 1.73. The van der Waals surface area contributed by atoms with Crippen molar-refractivity contribution >= 4 is 27.5 Å². The van der Waals surface area contributed by atoms with Crippen molar-refractivity contribution in [1.82, 2.24) is 5.32 Å². The molecular weight excluding hydrogens is 304 g/mol. The summed E-state index contributed by atoms with van der Waals surface area (Å²) in [6.07, 6.45) is 7.64. The number of carbonyl (C=O) groups excluding carboxylic acids is 1. The lowest BCUT2D eigenvalue weighted by atomic mass is 10.1. The van der Waals surface area contributed by atoms with E-state index in [0.717, 1.165) is 10.2 Å². The zero-order valence-electron chi connectivity index (χ0n) is 11.1. The summed E-state index contributed by atoms with van der Waals surface area (Å²) in [5.41, 5.74) is 0.843. The van der Waals surface area contributed by atoms with Crippen molar-refractivity contribution in [3.05, 3.63) is 28.7 Å². The Kier molecular flexibility index (Phi) is 5.86. The quantitative estimate of drug-likeness (QED) is 0.829. The van der Waals surface area contributed by atoms with E-state index >= 15 is 0 Å². The Morgan fingerprint density at radius 3 is 2.37 bits per heavy atom. The Morgan fingerprint density at radius 2 is 1.74 bits per heavy atom. The Morgan fingerprint density at radius 1 is 1.11 bits per heavy atom. The highest BCUT2D eigenvalue weighted by Gasteiger charge is 2.12. The molecule has 1 saturated carbocycles. The van der Waals surface area contributed by atoms with E-state index in [-0.39, 0.29) is 5.91 Å². The fourth-order valence-corrected chi connectivity index (χ4v) is 2.72. The monoisotopic (exact) mass is 324 g/mol. The number of benzene rings is 1. The van der Waals surface area contributed by atoms with E-state index in [1.165, 1.54) is 38.5 Å². The second-order valence-corrected chi connectivity index (χ2v) is 6.04. The van der Waals surface area contributed by atoms with E-state index in [1.807, 2.05) is 24.3 Å². The molecule has 104 valence electrons. The number of nitrogens with one attached hydrogen (secondary N) is 2. The van der Waals surface area contributed by atoms with Gasteiger partial charge in [-0.15, -0.1) is 0 Å². The minimum atomic E-state index is 0.0339. The fraction of sp³-hybridized carbons (Fsp3) is 0.533. The summed E-state index contributed by atoms with van der Waals surface area (Å²) in [7, 11) is 0. The van der Waals surface area contributed by atoms with Crippen LogP contribution in [0.2, 0.25) is 0 Å². The zero-order valence-corrected chi connectivity index (χ0v) is 12.7. The van der Waals surface area contributed by atoms with Gasteiger partial charge in [-0.25, -0.2) is 0 Å². The van der Waals surface area contributed by atoms with Crippen LogP contribution in [-0.2, 0) is 4.79 Å². The number of amides is 1. The van der Waals surface area contributed by atoms with Gasteiger partial charge in [0, 0.05) is 16.2 Å². The molecule has 1 aromatic carbocycles. The molecule has 0 radical (unpaired) electrons. The topological polar surface area (TPSA) is 41.1 Å². The highest BCUT2D eigenvalue weighted by Crippen LogP contribution is 2.17. The maximum absolute atomic E-state index is 11.8. The van der Waals surface area contributed by atoms with Crippen LogP contribution < -0.4 is 10.6 Å². The van der Waals surface area contributed by atoms with E-state index in [9.17, 15) is 4.79 Å². The standard InChI is InChI=1S/C15H21BrN2O/c16-12-7-9-14(10-8-12)18-15(19)11-17-13-5-3-1-2-4-6-13/h7-10,13,17H,1-6,11H2,(H,18,19). The van der Waals surface area contributed by atoms with Crippen LogP contribution >= 0.6 is 15.9 Å². The van der Waals surface area contributed by atoms with Gasteiger partial charge < -0.3 is 10.6 Å². The lowest BCUT2D eigenvalue weighted by molar-refractivity contribution is -0.115. The van der Waals surface area contributed by atoms with E-state index in [1.54, 1.807) is 0 Å². The van der Waals surface area contributed by atoms with Crippen LogP contribution in [0.25, 0.3) is 0 Å². The number of hydrogen-bond donors (Lipinski definition) is 2. The molecular formula is C15H21BrN2O. The molecule has 0 aliphatic heterocycles. The van der Waals surface area contributed by atoms with Crippen molar-refractivity contribution in [2.45, 2.75) is 44.6 Å². The largest absolute Gasteiger partial charge is 0.325 e. The molecule has 1 amide bonds. The van der Waals surface area contributed by atoms with Crippen LogP contribution in [0.3, 0.4) is 0 Å². The maximum Gasteiger partial charge on any atom is 0.238 e. The van der Waals surface area contributed by atoms with Gasteiger partial charge in [-0.1, -0.05) is 41.6 Å². The third-order valence-corrected chi connectivity index (χ3v) is 4.06. The molecule has 0 aromatic heterocycles. The maximum atomic E-state index is 11.8. The van der Waals surface area contributed by atoms with Crippen LogP contribution in [0.15, 0.2) is 28.7 Å². The Bertz CT molecular complexity index is 397. The molecule has 1 aliphatic carbocycles. The van der Waals surface area contributed by atoms with Crippen molar-refractivity contribution < 1.29 is 4.79 Å². The average Bonchev–Trinajstić information content (AvgIpc) is 2.68. The number of carbonyl (C=O) groups is 1. The fourth-order valence-electron chi connectivity index (χ4n) is 2.46. The lowest BCUT2D eigenvalue weighted by Crippen LogP contribution is -2.35. The molecule has 3 nitrogen and oxygen atoms in total. The molecule has 1 fully saturated rings. The van der Waals surface area contributed by atoms with Gasteiger partial charge in [0.25, 0.3) is 0 Å². The second kappa shape index (κ2) is 7.65. The van der Waals surface area contributed by atoms with Crippen molar-refractivity contribution in [1.29, 1.82) is 0 Å². The Labute approximate surface area is 123 Å². The first-order valence-corrected chi connectivity index (χ1v) is 7.82. The zero-order chi connectivity index (χ0) is 13.5. The minimum absolute atomic E-state index is 0.0339. The highest BCUT2D eigenvalue weighted by molar-refractivity contribution is 9.10. The summed E-state index contributed by atoms with van der Waals surface area (Å²) in [6.45, 7) is 0.404. The molecule has 0 unspecified atom stereocenters. The van der Waals surface area contributed by atoms with Crippen molar-refractivity contribution in [2.75, 3.05) is 11.9 Å². The molecule has 2 rings (SSSR count). The summed E-state index contributed by atoms with van der Waals surface area (Å²) in [5, 5.41) is 6.27. The van der Waals surface area contributed by atoms with Crippen molar-refractivity contribution in [3.8, 4) is 0 Å². The van der Waals surface area contributed by atoms with E-state index in [4.69, 9.17) is 0 Å². The average molecular weight is 325 g/mol. The second-order valence-electron chi connectivity index (χ2n) is 5.12. The summed E-state index contributed by atoms with van der Waals surface area (Å²) >= 11 is 3.38. The van der Waals surface area contributed by atoms with E-state index in [2.05, 4.69) is 26.6 Å². The van der Waals surface area contributed by atoms with Gasteiger partial charge in [-0.3, -0.25) is 4.79 Å². The first-order chi connectivity index (χ1) is 9.24. The highest BCUT2D eigenvalue weighted by atomic mass is 79.9. The van der Waals surface area contributed by atoms with Crippen LogP contribution in [0.5, 0.6) is 0 Å². The predicted molar refractivity (Wildman–Crippen MR) is 82.3 cm³/mol. The summed E-state index contributed by atoms with van der Waals surface area (Å²) in [6, 6.07) is 8.15. The van der Waals surface area contributed by atoms with Gasteiger partial charge in [0.1, 0.15) is 0 Å².